The minimum atomic E-state index is -0.358. The summed E-state index contributed by atoms with van der Waals surface area (Å²) in [5.41, 5.74) is 2.71. The van der Waals surface area contributed by atoms with Crippen molar-refractivity contribution in [2.24, 2.45) is 5.92 Å². The highest BCUT2D eigenvalue weighted by atomic mass is 35.5. The lowest BCUT2D eigenvalue weighted by Gasteiger charge is -2.42. The number of urea groups is 1. The van der Waals surface area contributed by atoms with Crippen LogP contribution in [-0.2, 0) is 4.79 Å². The maximum atomic E-state index is 13.0. The predicted octanol–water partition coefficient (Wildman–Crippen LogP) is 5.30. The average molecular weight is 736 g/mol. The fraction of sp³-hybridized carbons (Fsp3) is 0.436. The number of rotatable bonds is 9. The Bertz CT molecular complexity index is 2040. The zero-order valence-electron chi connectivity index (χ0n) is 29.4. The minimum Gasteiger partial charge on any atom is -0.490 e. The largest absolute Gasteiger partial charge is 0.490 e. The van der Waals surface area contributed by atoms with Crippen LogP contribution in [0.5, 0.6) is 5.75 Å². The molecule has 2 aliphatic carbocycles. The number of anilines is 2. The summed E-state index contributed by atoms with van der Waals surface area (Å²) in [5.74, 6) is 1.63. The molecule has 0 bridgehead atoms. The molecule has 274 valence electrons. The number of fused-ring (bicyclic) bond motifs is 1. The molecule has 2 aromatic carbocycles. The Hall–Kier alpha value is -5.19. The smallest absolute Gasteiger partial charge is 0.328 e. The monoisotopic (exact) mass is 735 g/mol. The van der Waals surface area contributed by atoms with Crippen molar-refractivity contribution in [2.75, 3.05) is 49.1 Å². The standard InChI is InChI=1S/C39H42ClN9O4/c40-32-22-30(7-4-26(32)23-41)53-29-8-5-27(6-9-29)42-38(51)33-10-11-36(45-44-33)47-18-16-46(17-19-47)24-25-20-28(21-25)48-14-12-31-34(48)2-1-3-35(31)49-15-13-37(50)43-39(49)52/h1-4,7,10-12,14,22,25,27-29H,5-6,8-9,13,15-21,24H2,(H,42,51)(H,43,50,52). The van der Waals surface area contributed by atoms with Crippen molar-refractivity contribution >= 4 is 51.9 Å². The van der Waals surface area contributed by atoms with Gasteiger partial charge in [-0.15, -0.1) is 10.2 Å². The second-order valence-electron chi connectivity index (χ2n) is 14.6. The molecule has 13 nitrogen and oxygen atoms in total. The van der Waals surface area contributed by atoms with E-state index in [1.165, 1.54) is 0 Å². The van der Waals surface area contributed by atoms with E-state index in [0.717, 1.165) is 93.7 Å². The number of nitriles is 1. The van der Waals surface area contributed by atoms with E-state index in [1.54, 1.807) is 29.2 Å². The molecule has 0 spiro atoms. The Morgan fingerprint density at radius 2 is 1.79 bits per heavy atom. The minimum absolute atomic E-state index is 0.0327. The molecule has 4 aromatic rings. The van der Waals surface area contributed by atoms with Crippen LogP contribution in [0.2, 0.25) is 5.02 Å². The number of nitrogens with one attached hydrogen (secondary N) is 2. The van der Waals surface area contributed by atoms with E-state index in [-0.39, 0.29) is 30.0 Å². The van der Waals surface area contributed by atoms with Crippen molar-refractivity contribution in [3.63, 3.8) is 0 Å². The van der Waals surface area contributed by atoms with E-state index in [9.17, 15) is 14.4 Å². The van der Waals surface area contributed by atoms with Gasteiger partial charge in [0.2, 0.25) is 5.91 Å². The van der Waals surface area contributed by atoms with Gasteiger partial charge in [0.1, 0.15) is 11.8 Å². The number of carbonyl (C=O) groups excluding carboxylic acids is 3. The summed E-state index contributed by atoms with van der Waals surface area (Å²) >= 11 is 6.14. The molecule has 0 unspecified atom stereocenters. The van der Waals surface area contributed by atoms with Gasteiger partial charge in [-0.1, -0.05) is 17.7 Å². The van der Waals surface area contributed by atoms with Crippen LogP contribution in [-0.4, -0.2) is 88.9 Å². The third-order valence-corrected chi connectivity index (χ3v) is 11.5. The molecule has 0 radical (unpaired) electrons. The molecule has 8 rings (SSSR count). The maximum absolute atomic E-state index is 13.0. The fourth-order valence-electron chi connectivity index (χ4n) is 8.17. The molecular formula is C39H42ClN9O4. The van der Waals surface area contributed by atoms with E-state index in [4.69, 9.17) is 21.6 Å². The molecule has 2 aliphatic heterocycles. The molecule has 4 fully saturated rings. The lowest BCUT2D eigenvalue weighted by Crippen LogP contribution is -2.49. The van der Waals surface area contributed by atoms with Gasteiger partial charge in [-0.3, -0.25) is 24.7 Å². The first-order valence-electron chi connectivity index (χ1n) is 18.5. The number of carbonyl (C=O) groups is 3. The van der Waals surface area contributed by atoms with Crippen LogP contribution in [0.1, 0.15) is 67.0 Å². The molecule has 0 atom stereocenters. The predicted molar refractivity (Wildman–Crippen MR) is 200 cm³/mol. The van der Waals surface area contributed by atoms with Gasteiger partial charge in [-0.2, -0.15) is 5.26 Å². The number of hydrogen-bond donors (Lipinski definition) is 2. The first kappa shape index (κ1) is 34.9. The first-order valence-corrected chi connectivity index (χ1v) is 18.9. The van der Waals surface area contributed by atoms with Gasteiger partial charge in [0.15, 0.2) is 11.5 Å². The highest BCUT2D eigenvalue weighted by Gasteiger charge is 2.34. The Kier molecular flexibility index (Phi) is 9.90. The van der Waals surface area contributed by atoms with Crippen molar-refractivity contribution in [1.82, 2.24) is 30.3 Å². The second kappa shape index (κ2) is 15.0. The zero-order valence-corrected chi connectivity index (χ0v) is 30.2. The average Bonchev–Trinajstić information content (AvgIpc) is 3.58. The van der Waals surface area contributed by atoms with Crippen LogP contribution in [0.4, 0.5) is 16.3 Å². The molecule has 2 aromatic heterocycles. The summed E-state index contributed by atoms with van der Waals surface area (Å²) in [6.45, 7) is 5.08. The lowest BCUT2D eigenvalue weighted by molar-refractivity contribution is -0.120. The molecule has 2 saturated heterocycles. The Balaban J connectivity index is 0.763. The maximum Gasteiger partial charge on any atom is 0.328 e. The number of imide groups is 1. The molecule has 2 N–H and O–H groups in total. The third kappa shape index (κ3) is 7.52. The van der Waals surface area contributed by atoms with Crippen LogP contribution < -0.4 is 25.2 Å². The van der Waals surface area contributed by atoms with E-state index in [2.05, 4.69) is 59.6 Å². The summed E-state index contributed by atoms with van der Waals surface area (Å²) in [6.07, 6.45) is 7.91. The van der Waals surface area contributed by atoms with Gasteiger partial charge in [-0.05, 0) is 86.9 Å². The van der Waals surface area contributed by atoms with Gasteiger partial charge in [0.25, 0.3) is 5.91 Å². The van der Waals surface area contributed by atoms with Crippen molar-refractivity contribution < 1.29 is 19.1 Å². The van der Waals surface area contributed by atoms with E-state index < -0.39 is 0 Å². The van der Waals surface area contributed by atoms with Crippen LogP contribution in [0.15, 0.2) is 60.8 Å². The van der Waals surface area contributed by atoms with Crippen LogP contribution in [0.3, 0.4) is 0 Å². The van der Waals surface area contributed by atoms with Crippen LogP contribution in [0, 0.1) is 17.2 Å². The number of piperazine rings is 1. The van der Waals surface area contributed by atoms with Gasteiger partial charge in [0.05, 0.1) is 27.9 Å². The number of aromatic nitrogens is 3. The zero-order chi connectivity index (χ0) is 36.5. The highest BCUT2D eigenvalue weighted by Crippen LogP contribution is 2.42. The summed E-state index contributed by atoms with van der Waals surface area (Å²) in [6, 6.07) is 19.1. The summed E-state index contributed by atoms with van der Waals surface area (Å²) in [7, 11) is 0. The van der Waals surface area contributed by atoms with Gasteiger partial charge < -0.3 is 19.5 Å². The summed E-state index contributed by atoms with van der Waals surface area (Å²) < 4.78 is 8.43. The van der Waals surface area contributed by atoms with Crippen LogP contribution in [0.25, 0.3) is 10.9 Å². The Morgan fingerprint density at radius 3 is 2.51 bits per heavy atom. The topological polar surface area (TPSA) is 149 Å². The van der Waals surface area contributed by atoms with E-state index in [0.29, 0.717) is 47.0 Å². The van der Waals surface area contributed by atoms with Gasteiger partial charge in [0, 0.05) is 75.4 Å². The summed E-state index contributed by atoms with van der Waals surface area (Å²) in [5, 5.41) is 24.7. The number of halogens is 1. The van der Waals surface area contributed by atoms with Crippen molar-refractivity contribution in [1.29, 1.82) is 5.26 Å². The normalized spacial score (nSPS) is 23.6. The molecule has 4 aliphatic rings. The van der Waals surface area contributed by atoms with E-state index in [1.807, 2.05) is 18.2 Å². The summed E-state index contributed by atoms with van der Waals surface area (Å²) in [4.78, 5) is 43.6. The highest BCUT2D eigenvalue weighted by molar-refractivity contribution is 6.31. The quantitative estimate of drug-likeness (QED) is 0.234. The van der Waals surface area contributed by atoms with Gasteiger partial charge >= 0.3 is 6.03 Å². The number of amides is 4. The lowest BCUT2D eigenvalue weighted by atomic mass is 9.79. The number of benzene rings is 2. The number of hydrogen-bond acceptors (Lipinski definition) is 9. The third-order valence-electron chi connectivity index (χ3n) is 11.2. The van der Waals surface area contributed by atoms with Crippen molar-refractivity contribution in [3.8, 4) is 11.8 Å². The SMILES string of the molecule is N#Cc1ccc(OC2CCC(NC(=O)c3ccc(N4CCN(CC5CC(n6ccc7c(N8CCC(=O)NC8=O)cccc76)C5)CC4)nn3)CC2)cc1Cl. The molecule has 2 saturated carbocycles. The molecular weight excluding hydrogens is 694 g/mol. The van der Waals surface area contributed by atoms with Gasteiger partial charge in [-0.25, -0.2) is 4.79 Å². The van der Waals surface area contributed by atoms with E-state index >= 15 is 0 Å². The molecule has 4 heterocycles. The fourth-order valence-corrected chi connectivity index (χ4v) is 8.39. The van der Waals surface area contributed by atoms with Crippen molar-refractivity contribution in [2.45, 2.75) is 63.1 Å². The molecule has 14 heteroatoms. The number of ether oxygens (including phenoxy) is 1. The Labute approximate surface area is 312 Å². The van der Waals surface area contributed by atoms with Crippen molar-refractivity contribution in [3.05, 3.63) is 77.1 Å². The second-order valence-corrected chi connectivity index (χ2v) is 15.0. The Morgan fingerprint density at radius 1 is 0.981 bits per heavy atom. The first-order chi connectivity index (χ1) is 25.8. The molecule has 53 heavy (non-hydrogen) atoms. The van der Waals surface area contributed by atoms with Crippen LogP contribution >= 0.6 is 11.6 Å². The molecule has 4 amide bonds. The number of nitrogens with zero attached hydrogens (tertiary/aromatic N) is 7.